The maximum atomic E-state index is 13.7. The highest BCUT2D eigenvalue weighted by atomic mass is 16.6. The van der Waals surface area contributed by atoms with Crippen molar-refractivity contribution in [3.8, 4) is 5.75 Å². The summed E-state index contributed by atoms with van der Waals surface area (Å²) in [6.45, 7) is 5.15. The molecule has 0 aliphatic carbocycles. The van der Waals surface area contributed by atoms with E-state index in [1.165, 1.54) is 17.0 Å². The number of nitrogens with two attached hydrogens (primary N) is 3. The van der Waals surface area contributed by atoms with Crippen molar-refractivity contribution >= 4 is 35.7 Å². The first-order valence-corrected chi connectivity index (χ1v) is 15.1. The molecule has 0 aromatic heterocycles. The topological polar surface area (TPSA) is 270 Å². The van der Waals surface area contributed by atoms with Crippen molar-refractivity contribution < 1.29 is 48.8 Å². The maximum absolute atomic E-state index is 13.7. The lowest BCUT2D eigenvalue weighted by Gasteiger charge is -2.30. The second-order valence-corrected chi connectivity index (χ2v) is 11.7. The molecule has 0 saturated carbocycles. The van der Waals surface area contributed by atoms with Crippen molar-refractivity contribution in [2.75, 3.05) is 13.1 Å². The highest BCUT2D eigenvalue weighted by molar-refractivity contribution is 5.92. The lowest BCUT2D eigenvalue weighted by molar-refractivity contribution is -0.176. The number of benzene rings is 1. The van der Waals surface area contributed by atoms with E-state index in [2.05, 4.69) is 10.3 Å². The number of rotatable bonds is 17. The van der Waals surface area contributed by atoms with Gasteiger partial charge in [0.2, 0.25) is 12.0 Å². The smallest absolute Gasteiger partial charge is 0.347 e. The summed E-state index contributed by atoms with van der Waals surface area (Å²) in [5.74, 6) is -5.03. The summed E-state index contributed by atoms with van der Waals surface area (Å²) in [6.07, 6.45) is -3.44. The van der Waals surface area contributed by atoms with Crippen LogP contribution in [0.1, 0.15) is 58.4 Å². The summed E-state index contributed by atoms with van der Waals surface area (Å²) in [5.41, 5.74) is 17.2. The van der Waals surface area contributed by atoms with E-state index in [0.717, 1.165) is 6.92 Å². The first kappa shape index (κ1) is 37.7. The highest BCUT2D eigenvalue weighted by Crippen LogP contribution is 2.24. The van der Waals surface area contributed by atoms with Crippen molar-refractivity contribution in [3.63, 3.8) is 0 Å². The minimum Gasteiger partial charge on any atom is -0.508 e. The molecule has 16 nitrogen and oxygen atoms in total. The first-order valence-electron chi connectivity index (χ1n) is 15.1. The molecule has 1 aromatic rings. The fourth-order valence-corrected chi connectivity index (χ4v) is 4.86. The number of nitrogens with zero attached hydrogens (tertiary/aromatic N) is 2. The van der Waals surface area contributed by atoms with E-state index in [1.807, 2.05) is 0 Å². The van der Waals surface area contributed by atoms with Crippen LogP contribution in [0, 0.1) is 5.92 Å². The molecule has 256 valence electrons. The van der Waals surface area contributed by atoms with Crippen LogP contribution in [0.4, 0.5) is 0 Å². The fraction of sp³-hybridized carbons (Fsp3) is 0.600. The Labute approximate surface area is 267 Å². The number of carbonyl (C=O) groups is 5. The Kier molecular flexibility index (Phi) is 14.7. The first-order chi connectivity index (χ1) is 21.6. The van der Waals surface area contributed by atoms with Crippen LogP contribution in [-0.4, -0.2) is 105 Å². The van der Waals surface area contributed by atoms with E-state index < -0.39 is 66.2 Å². The SMILES string of the molecule is CC(C)C[C@H](OC(=O)[C@H](Cc1ccc(O)cc1)NC(=O)[C@@H](N)CCCN=C(N)N)C(=O)N1CCC[C@H]1C(=O)O[C@H](C(=O)O)[C@@H](C)O. The molecule has 1 heterocycles. The molecule has 46 heavy (non-hydrogen) atoms. The Morgan fingerprint density at radius 2 is 1.74 bits per heavy atom. The number of hydrogen-bond acceptors (Lipinski definition) is 11. The monoisotopic (exact) mass is 650 g/mol. The number of phenolic OH excluding ortho intramolecular Hbond substituents is 1. The number of amides is 2. The molecule has 2 amide bonds. The number of aliphatic imine (C=N–C) groups is 1. The average molecular weight is 651 g/mol. The third-order valence-electron chi connectivity index (χ3n) is 7.23. The van der Waals surface area contributed by atoms with Gasteiger partial charge in [-0.3, -0.25) is 14.6 Å². The van der Waals surface area contributed by atoms with Crippen LogP contribution in [0.5, 0.6) is 5.75 Å². The molecule has 1 aliphatic rings. The summed E-state index contributed by atoms with van der Waals surface area (Å²) in [6, 6.07) is 2.52. The quantitative estimate of drug-likeness (QED) is 0.0468. The van der Waals surface area contributed by atoms with E-state index >= 15 is 0 Å². The van der Waals surface area contributed by atoms with Crippen LogP contribution >= 0.6 is 0 Å². The van der Waals surface area contributed by atoms with Crippen LogP contribution in [0.3, 0.4) is 0 Å². The predicted molar refractivity (Wildman–Crippen MR) is 165 cm³/mol. The molecule has 0 unspecified atom stereocenters. The highest BCUT2D eigenvalue weighted by Gasteiger charge is 2.42. The summed E-state index contributed by atoms with van der Waals surface area (Å²) < 4.78 is 10.7. The molecule has 0 bridgehead atoms. The van der Waals surface area contributed by atoms with Crippen molar-refractivity contribution in [1.29, 1.82) is 0 Å². The number of aliphatic hydroxyl groups is 1. The van der Waals surface area contributed by atoms with Crippen LogP contribution in [0.2, 0.25) is 0 Å². The van der Waals surface area contributed by atoms with Crippen LogP contribution < -0.4 is 22.5 Å². The van der Waals surface area contributed by atoms with Crippen LogP contribution in [0.15, 0.2) is 29.3 Å². The zero-order chi connectivity index (χ0) is 34.6. The number of carboxylic acid groups (broad SMARTS) is 1. The number of aromatic hydroxyl groups is 1. The fourth-order valence-electron chi connectivity index (χ4n) is 4.86. The Hall–Kier alpha value is -4.44. The zero-order valence-corrected chi connectivity index (χ0v) is 26.3. The number of ether oxygens (including phenoxy) is 2. The third kappa shape index (κ3) is 11.8. The second-order valence-electron chi connectivity index (χ2n) is 11.7. The lowest BCUT2D eigenvalue weighted by atomic mass is 10.0. The number of aliphatic carboxylic acids is 1. The molecule has 2 rings (SSSR count). The van der Waals surface area contributed by atoms with Gasteiger partial charge in [0.1, 0.15) is 17.8 Å². The normalized spacial score (nSPS) is 17.7. The Morgan fingerprint density at radius 3 is 2.30 bits per heavy atom. The van der Waals surface area contributed by atoms with Gasteiger partial charge in [0, 0.05) is 19.5 Å². The maximum Gasteiger partial charge on any atom is 0.347 e. The molecular weight excluding hydrogens is 604 g/mol. The standard InChI is InChI=1S/C30H46N6O10/c1-16(2)14-23(26(40)36-13-5-7-22(36)29(44)46-24(17(3)37)27(41)42)45-28(43)21(15-18-8-10-19(38)11-9-18)35-25(39)20(31)6-4-12-34-30(32)33/h8-11,16-17,20-24,37-38H,4-7,12-15,31H2,1-3H3,(H,35,39)(H,41,42)(H4,32,33,34)/t17-,20+,21+,22+,23+,24+/m1/s1. The van der Waals surface area contributed by atoms with Gasteiger partial charge >= 0.3 is 17.9 Å². The number of hydrogen-bond donors (Lipinski definition) is 7. The zero-order valence-electron chi connectivity index (χ0n) is 26.3. The number of nitrogens with one attached hydrogen (secondary N) is 1. The van der Waals surface area contributed by atoms with Crippen LogP contribution in [-0.2, 0) is 39.9 Å². The van der Waals surface area contributed by atoms with E-state index in [1.54, 1.807) is 26.0 Å². The van der Waals surface area contributed by atoms with Gasteiger partial charge in [0.15, 0.2) is 12.1 Å². The van der Waals surface area contributed by atoms with Gasteiger partial charge < -0.3 is 52.2 Å². The number of carbonyl (C=O) groups excluding carboxylic acids is 4. The van der Waals surface area contributed by atoms with Gasteiger partial charge in [-0.1, -0.05) is 26.0 Å². The van der Waals surface area contributed by atoms with Gasteiger partial charge in [-0.05, 0) is 62.6 Å². The average Bonchev–Trinajstić information content (AvgIpc) is 3.47. The van der Waals surface area contributed by atoms with Gasteiger partial charge in [0.05, 0.1) is 12.1 Å². The number of carboxylic acids is 1. The van der Waals surface area contributed by atoms with E-state index in [4.69, 9.17) is 26.7 Å². The second kappa shape index (κ2) is 17.9. The summed E-state index contributed by atoms with van der Waals surface area (Å²) in [5, 5.41) is 31.3. The van der Waals surface area contributed by atoms with Crippen molar-refractivity contribution in [2.24, 2.45) is 28.1 Å². The van der Waals surface area contributed by atoms with E-state index in [0.29, 0.717) is 18.4 Å². The number of esters is 2. The minimum absolute atomic E-state index is 0.000816. The van der Waals surface area contributed by atoms with Crippen molar-refractivity contribution in [1.82, 2.24) is 10.2 Å². The third-order valence-corrected chi connectivity index (χ3v) is 7.23. The minimum atomic E-state index is -1.82. The van der Waals surface area contributed by atoms with Crippen LogP contribution in [0.25, 0.3) is 0 Å². The molecule has 1 aromatic carbocycles. The molecule has 16 heteroatoms. The molecule has 1 fully saturated rings. The summed E-state index contributed by atoms with van der Waals surface area (Å²) in [7, 11) is 0. The molecule has 1 saturated heterocycles. The number of guanidine groups is 1. The summed E-state index contributed by atoms with van der Waals surface area (Å²) >= 11 is 0. The molecular formula is C30H46N6O10. The van der Waals surface area contributed by atoms with Crippen molar-refractivity contribution in [2.45, 2.75) is 95.7 Å². The molecule has 0 spiro atoms. The number of aliphatic hydroxyl groups excluding tert-OH is 1. The number of likely N-dealkylation sites (tertiary alicyclic amines) is 1. The molecule has 10 N–H and O–H groups in total. The Bertz CT molecular complexity index is 1240. The predicted octanol–water partition coefficient (Wildman–Crippen LogP) is -0.873. The molecule has 1 aliphatic heterocycles. The molecule has 0 radical (unpaired) electrons. The van der Waals surface area contributed by atoms with E-state index in [9.17, 15) is 39.3 Å². The Morgan fingerprint density at radius 1 is 1.09 bits per heavy atom. The van der Waals surface area contributed by atoms with Gasteiger partial charge in [-0.2, -0.15) is 0 Å². The van der Waals surface area contributed by atoms with E-state index in [-0.39, 0.29) is 56.4 Å². The molecule has 6 atom stereocenters. The van der Waals surface area contributed by atoms with Crippen molar-refractivity contribution in [3.05, 3.63) is 29.8 Å². The Balaban J connectivity index is 2.25. The lowest BCUT2D eigenvalue weighted by Crippen LogP contribution is -2.53. The van der Waals surface area contributed by atoms with Gasteiger partial charge in [-0.15, -0.1) is 0 Å². The number of phenols is 1. The largest absolute Gasteiger partial charge is 0.508 e. The van der Waals surface area contributed by atoms with Gasteiger partial charge in [0.25, 0.3) is 5.91 Å². The summed E-state index contributed by atoms with van der Waals surface area (Å²) in [4.78, 5) is 69.7. The van der Waals surface area contributed by atoms with Gasteiger partial charge in [-0.25, -0.2) is 14.4 Å².